The van der Waals surface area contributed by atoms with Crippen LogP contribution in [-0.2, 0) is 0 Å². The van der Waals surface area contributed by atoms with Crippen molar-refractivity contribution < 1.29 is 0 Å². The summed E-state index contributed by atoms with van der Waals surface area (Å²) in [5.74, 6) is 0.733. The van der Waals surface area contributed by atoms with Gasteiger partial charge in [0.2, 0.25) is 0 Å². The van der Waals surface area contributed by atoms with Crippen molar-refractivity contribution in [1.82, 2.24) is 10.6 Å². The number of nitrogens with one attached hydrogen (secondary N) is 2. The third-order valence-corrected chi connectivity index (χ3v) is 1.78. The largest absolute Gasteiger partial charge is 0.298 e. The Morgan fingerprint density at radius 3 is 2.44 bits per heavy atom. The van der Waals surface area contributed by atoms with Gasteiger partial charge in [0, 0.05) is 18.5 Å². The summed E-state index contributed by atoms with van der Waals surface area (Å²) in [6.07, 6.45) is 0.260. The molecule has 2 N–H and O–H groups in total. The van der Waals surface area contributed by atoms with Crippen LogP contribution in [0, 0.1) is 5.92 Å². The third kappa shape index (κ3) is 2.01. The zero-order valence-corrected chi connectivity index (χ0v) is 6.37. The van der Waals surface area contributed by atoms with Crippen LogP contribution >= 0.6 is 12.2 Å². The maximum atomic E-state index is 4.76. The van der Waals surface area contributed by atoms with Gasteiger partial charge in [-0.15, -0.1) is 0 Å². The summed E-state index contributed by atoms with van der Waals surface area (Å²) in [6.45, 7) is 4.36. The predicted octanol–water partition coefficient (Wildman–Crippen LogP) is 0.141. The monoisotopic (exact) mass is 144 g/mol. The molecule has 0 radical (unpaired) electrons. The van der Waals surface area contributed by atoms with Crippen LogP contribution in [0.3, 0.4) is 0 Å². The van der Waals surface area contributed by atoms with Gasteiger partial charge < -0.3 is 0 Å². The molecule has 52 valence electrons. The van der Waals surface area contributed by atoms with Gasteiger partial charge in [-0.3, -0.25) is 10.6 Å². The summed E-state index contributed by atoms with van der Waals surface area (Å²) in [5, 5.41) is 8.22. The molecule has 1 saturated heterocycles. The molecular weight excluding hydrogens is 132 g/mol. The standard InChI is InChI=1S/C6H12N2S/c1-5-2-7-6(4-9)8-3-5/h4-8H,2-3H2,1H3. The van der Waals surface area contributed by atoms with E-state index in [0.29, 0.717) is 0 Å². The molecule has 1 aliphatic heterocycles. The third-order valence-electron chi connectivity index (χ3n) is 1.51. The maximum absolute atomic E-state index is 4.76. The summed E-state index contributed by atoms with van der Waals surface area (Å²) in [4.78, 5) is 0. The van der Waals surface area contributed by atoms with Crippen molar-refractivity contribution in [2.45, 2.75) is 13.1 Å². The van der Waals surface area contributed by atoms with Crippen LogP contribution in [0.1, 0.15) is 6.92 Å². The lowest BCUT2D eigenvalue weighted by atomic mass is 10.1. The first-order chi connectivity index (χ1) is 4.33. The van der Waals surface area contributed by atoms with Crippen LogP contribution in [0.4, 0.5) is 0 Å². The van der Waals surface area contributed by atoms with E-state index in [9.17, 15) is 0 Å². The zero-order chi connectivity index (χ0) is 6.69. The minimum atomic E-state index is 0.260. The average Bonchev–Trinajstić information content (AvgIpc) is 1.90. The molecule has 1 rings (SSSR count). The summed E-state index contributed by atoms with van der Waals surface area (Å²) in [6, 6.07) is 0. The van der Waals surface area contributed by atoms with E-state index in [1.54, 1.807) is 5.37 Å². The predicted molar refractivity (Wildman–Crippen MR) is 42.6 cm³/mol. The molecular formula is C6H12N2S. The van der Waals surface area contributed by atoms with E-state index >= 15 is 0 Å². The summed E-state index contributed by atoms with van der Waals surface area (Å²) in [5.41, 5.74) is 0. The van der Waals surface area contributed by atoms with E-state index in [2.05, 4.69) is 17.6 Å². The highest BCUT2D eigenvalue weighted by Crippen LogP contribution is 1.95. The van der Waals surface area contributed by atoms with E-state index in [0.717, 1.165) is 19.0 Å². The Balaban J connectivity index is 2.26. The van der Waals surface area contributed by atoms with Gasteiger partial charge >= 0.3 is 0 Å². The van der Waals surface area contributed by atoms with Crippen molar-refractivity contribution in [3.05, 3.63) is 0 Å². The van der Waals surface area contributed by atoms with Crippen molar-refractivity contribution >= 4 is 17.6 Å². The molecule has 0 spiro atoms. The Labute approximate surface area is 61.0 Å². The fraction of sp³-hybridized carbons (Fsp3) is 0.833. The lowest BCUT2D eigenvalue weighted by Crippen LogP contribution is -2.52. The van der Waals surface area contributed by atoms with Crippen LogP contribution in [0.15, 0.2) is 0 Å². The van der Waals surface area contributed by atoms with Crippen LogP contribution < -0.4 is 10.6 Å². The molecule has 0 aromatic rings. The van der Waals surface area contributed by atoms with Crippen LogP contribution in [0.5, 0.6) is 0 Å². The van der Waals surface area contributed by atoms with E-state index < -0.39 is 0 Å². The molecule has 9 heavy (non-hydrogen) atoms. The maximum Gasteiger partial charge on any atom is 0.0869 e. The van der Waals surface area contributed by atoms with E-state index in [1.807, 2.05) is 0 Å². The van der Waals surface area contributed by atoms with Crippen molar-refractivity contribution in [2.24, 2.45) is 5.92 Å². The molecule has 0 aromatic heterocycles. The van der Waals surface area contributed by atoms with Crippen molar-refractivity contribution in [2.75, 3.05) is 13.1 Å². The first-order valence-electron chi connectivity index (χ1n) is 3.25. The van der Waals surface area contributed by atoms with E-state index in [1.165, 1.54) is 0 Å². The lowest BCUT2D eigenvalue weighted by Gasteiger charge is -2.26. The second kappa shape index (κ2) is 3.25. The Bertz CT molecular complexity index is 97.2. The molecule has 0 aliphatic carbocycles. The van der Waals surface area contributed by atoms with Gasteiger partial charge in [-0.05, 0) is 5.92 Å². The first kappa shape index (κ1) is 7.12. The molecule has 1 heterocycles. The Kier molecular flexibility index (Phi) is 2.57. The van der Waals surface area contributed by atoms with Crippen LogP contribution in [-0.4, -0.2) is 24.6 Å². The number of hydrogen-bond acceptors (Lipinski definition) is 3. The quantitative estimate of drug-likeness (QED) is 0.512. The second-order valence-electron chi connectivity index (χ2n) is 2.54. The molecule has 1 fully saturated rings. The summed E-state index contributed by atoms with van der Waals surface area (Å²) >= 11 is 4.76. The fourth-order valence-electron chi connectivity index (χ4n) is 0.897. The molecule has 1 aliphatic rings. The van der Waals surface area contributed by atoms with Gasteiger partial charge in [-0.1, -0.05) is 19.1 Å². The second-order valence-corrected chi connectivity index (χ2v) is 2.81. The highest BCUT2D eigenvalue weighted by molar-refractivity contribution is 7.79. The number of thiocarbonyl (C=S) groups is 1. The first-order valence-corrected chi connectivity index (χ1v) is 3.72. The summed E-state index contributed by atoms with van der Waals surface area (Å²) < 4.78 is 0. The van der Waals surface area contributed by atoms with E-state index in [-0.39, 0.29) is 6.17 Å². The Morgan fingerprint density at radius 1 is 1.44 bits per heavy atom. The molecule has 0 saturated carbocycles. The highest BCUT2D eigenvalue weighted by Gasteiger charge is 2.12. The van der Waals surface area contributed by atoms with Gasteiger partial charge in [0.05, 0.1) is 6.17 Å². The van der Waals surface area contributed by atoms with E-state index in [4.69, 9.17) is 12.2 Å². The van der Waals surface area contributed by atoms with Gasteiger partial charge in [0.25, 0.3) is 0 Å². The van der Waals surface area contributed by atoms with Crippen LogP contribution in [0.2, 0.25) is 0 Å². The molecule has 3 heteroatoms. The lowest BCUT2D eigenvalue weighted by molar-refractivity contribution is 0.365. The zero-order valence-electron chi connectivity index (χ0n) is 5.55. The normalized spacial score (nSPS) is 36.1. The Morgan fingerprint density at radius 2 is 2.00 bits per heavy atom. The van der Waals surface area contributed by atoms with Gasteiger partial charge in [-0.25, -0.2) is 0 Å². The van der Waals surface area contributed by atoms with Crippen LogP contribution in [0.25, 0.3) is 0 Å². The average molecular weight is 144 g/mol. The van der Waals surface area contributed by atoms with Crippen molar-refractivity contribution in [1.29, 1.82) is 0 Å². The minimum absolute atomic E-state index is 0.260. The topological polar surface area (TPSA) is 24.1 Å². The smallest absolute Gasteiger partial charge is 0.0869 e. The molecule has 2 nitrogen and oxygen atoms in total. The fourth-order valence-corrected chi connectivity index (χ4v) is 1.09. The van der Waals surface area contributed by atoms with Gasteiger partial charge in [-0.2, -0.15) is 0 Å². The SMILES string of the molecule is CC1CNC(C=S)NC1. The highest BCUT2D eigenvalue weighted by atomic mass is 32.1. The number of rotatable bonds is 1. The molecule has 0 aromatic carbocycles. The Hall–Kier alpha value is 0.01000. The van der Waals surface area contributed by atoms with Gasteiger partial charge in [0.15, 0.2) is 0 Å². The summed E-state index contributed by atoms with van der Waals surface area (Å²) in [7, 11) is 0. The van der Waals surface area contributed by atoms with Crippen molar-refractivity contribution in [3.8, 4) is 0 Å². The molecule has 0 amide bonds. The molecule has 0 atom stereocenters. The number of hydrogen-bond donors (Lipinski definition) is 2. The molecule has 0 unspecified atom stereocenters. The molecule has 0 bridgehead atoms. The minimum Gasteiger partial charge on any atom is -0.298 e. The van der Waals surface area contributed by atoms with Crippen molar-refractivity contribution in [3.63, 3.8) is 0 Å². The van der Waals surface area contributed by atoms with Gasteiger partial charge in [0.1, 0.15) is 0 Å².